The van der Waals surface area contributed by atoms with Gasteiger partial charge < -0.3 is 9.72 Å². The Bertz CT molecular complexity index is 687. The van der Waals surface area contributed by atoms with E-state index < -0.39 is 0 Å². The normalized spacial score (nSPS) is 15.9. The van der Waals surface area contributed by atoms with Gasteiger partial charge in [0.15, 0.2) is 0 Å². The molecule has 20 heavy (non-hydrogen) atoms. The number of aromatic amines is 1. The second-order valence-corrected chi connectivity index (χ2v) is 5.77. The molecule has 4 heteroatoms. The summed E-state index contributed by atoms with van der Waals surface area (Å²) in [6.07, 6.45) is 5.42. The summed E-state index contributed by atoms with van der Waals surface area (Å²) in [7, 11) is 0. The van der Waals surface area contributed by atoms with Crippen molar-refractivity contribution in [3.8, 4) is 5.75 Å². The van der Waals surface area contributed by atoms with Crippen LogP contribution in [0.15, 0.2) is 23.0 Å². The van der Waals surface area contributed by atoms with Gasteiger partial charge >= 0.3 is 0 Å². The van der Waals surface area contributed by atoms with Crippen LogP contribution in [0, 0.1) is 0 Å². The molecule has 2 aromatic rings. The van der Waals surface area contributed by atoms with Crippen molar-refractivity contribution < 1.29 is 4.74 Å². The molecule has 106 valence electrons. The minimum Gasteiger partial charge on any atom is -0.489 e. The summed E-state index contributed by atoms with van der Waals surface area (Å²) in [6.45, 7) is 1.97. The molecule has 0 saturated heterocycles. The van der Waals surface area contributed by atoms with E-state index in [9.17, 15) is 4.79 Å². The zero-order valence-corrected chi connectivity index (χ0v) is 12.3. The van der Waals surface area contributed by atoms with E-state index >= 15 is 0 Å². The van der Waals surface area contributed by atoms with Gasteiger partial charge in [-0.25, -0.2) is 0 Å². The number of rotatable bonds is 3. The van der Waals surface area contributed by atoms with E-state index in [1.807, 2.05) is 19.1 Å². The van der Waals surface area contributed by atoms with Crippen molar-refractivity contribution in [1.29, 1.82) is 0 Å². The largest absolute Gasteiger partial charge is 0.489 e. The van der Waals surface area contributed by atoms with Gasteiger partial charge in [-0.2, -0.15) is 0 Å². The summed E-state index contributed by atoms with van der Waals surface area (Å²) < 4.78 is 6.17. The van der Waals surface area contributed by atoms with Gasteiger partial charge in [-0.05, 0) is 50.3 Å². The highest BCUT2D eigenvalue weighted by molar-refractivity contribution is 6.31. The lowest BCUT2D eigenvalue weighted by Gasteiger charge is -2.18. The highest BCUT2D eigenvalue weighted by atomic mass is 35.5. The van der Waals surface area contributed by atoms with E-state index in [2.05, 4.69) is 4.98 Å². The molecule has 1 aliphatic rings. The summed E-state index contributed by atoms with van der Waals surface area (Å²) in [5, 5.41) is 1.56. The number of pyridine rings is 1. The molecule has 3 nitrogen and oxygen atoms in total. The minimum atomic E-state index is -0.0599. The Morgan fingerprint density at radius 3 is 2.80 bits per heavy atom. The lowest BCUT2D eigenvalue weighted by molar-refractivity contribution is 0.210. The molecule has 0 amide bonds. The van der Waals surface area contributed by atoms with Gasteiger partial charge in [0.1, 0.15) is 5.75 Å². The molecule has 1 saturated carbocycles. The van der Waals surface area contributed by atoms with E-state index in [1.54, 1.807) is 6.07 Å². The molecule has 1 N–H and O–H groups in total. The molecule has 1 aromatic carbocycles. The van der Waals surface area contributed by atoms with E-state index in [1.165, 1.54) is 12.8 Å². The quantitative estimate of drug-likeness (QED) is 0.926. The van der Waals surface area contributed by atoms with Crippen LogP contribution >= 0.6 is 11.6 Å². The van der Waals surface area contributed by atoms with Crippen LogP contribution in [0.5, 0.6) is 5.75 Å². The highest BCUT2D eigenvalue weighted by Gasteiger charge is 2.21. The maximum absolute atomic E-state index is 12.2. The number of fused-ring (bicyclic) bond motifs is 1. The third kappa shape index (κ3) is 2.42. The van der Waals surface area contributed by atoms with Gasteiger partial charge in [-0.3, -0.25) is 4.79 Å². The number of hydrogen-bond acceptors (Lipinski definition) is 2. The lowest BCUT2D eigenvalue weighted by atomic mass is 10.1. The molecule has 0 bridgehead atoms. The van der Waals surface area contributed by atoms with Gasteiger partial charge in [-0.15, -0.1) is 0 Å². The van der Waals surface area contributed by atoms with E-state index in [4.69, 9.17) is 16.3 Å². The van der Waals surface area contributed by atoms with Crippen LogP contribution in [-0.2, 0) is 6.42 Å². The Morgan fingerprint density at radius 1 is 1.35 bits per heavy atom. The van der Waals surface area contributed by atoms with Gasteiger partial charge in [0, 0.05) is 10.4 Å². The first kappa shape index (κ1) is 13.5. The average molecular weight is 292 g/mol. The van der Waals surface area contributed by atoms with Crippen LogP contribution in [-0.4, -0.2) is 11.1 Å². The van der Waals surface area contributed by atoms with Crippen molar-refractivity contribution in [3.63, 3.8) is 0 Å². The predicted octanol–water partition coefficient (Wildman–Crippen LogP) is 4.07. The van der Waals surface area contributed by atoms with Crippen molar-refractivity contribution in [2.24, 2.45) is 0 Å². The first-order chi connectivity index (χ1) is 9.69. The Hall–Kier alpha value is -1.48. The maximum Gasteiger partial charge on any atom is 0.255 e. The average Bonchev–Trinajstić information content (AvgIpc) is 2.93. The van der Waals surface area contributed by atoms with Crippen LogP contribution in [0.2, 0.25) is 5.02 Å². The van der Waals surface area contributed by atoms with Crippen LogP contribution in [0.1, 0.15) is 38.2 Å². The number of nitrogens with one attached hydrogen (secondary N) is 1. The highest BCUT2D eigenvalue weighted by Crippen LogP contribution is 2.32. The number of halogens is 1. The number of H-pyrrole nitrogens is 1. The molecule has 1 aliphatic carbocycles. The lowest BCUT2D eigenvalue weighted by Crippen LogP contribution is -2.18. The van der Waals surface area contributed by atoms with Gasteiger partial charge in [0.25, 0.3) is 5.56 Å². The molecule has 1 aromatic heterocycles. The van der Waals surface area contributed by atoms with E-state index in [0.29, 0.717) is 17.0 Å². The SMILES string of the molecule is CCc1c(OC2CCCC2)c2cc(Cl)ccc2[nH]c1=O. The topological polar surface area (TPSA) is 42.1 Å². The molecular weight excluding hydrogens is 274 g/mol. The fourth-order valence-corrected chi connectivity index (χ4v) is 3.08. The molecule has 0 atom stereocenters. The summed E-state index contributed by atoms with van der Waals surface area (Å²) in [5.41, 5.74) is 1.44. The third-order valence-electron chi connectivity index (χ3n) is 3.96. The number of ether oxygens (including phenoxy) is 1. The Labute approximate surface area is 122 Å². The van der Waals surface area contributed by atoms with Gasteiger partial charge in [0.05, 0.1) is 17.2 Å². The fraction of sp³-hybridized carbons (Fsp3) is 0.438. The van der Waals surface area contributed by atoms with Crippen molar-refractivity contribution in [3.05, 3.63) is 39.1 Å². The summed E-state index contributed by atoms with van der Waals surface area (Å²) in [4.78, 5) is 15.1. The molecule has 0 unspecified atom stereocenters. The molecule has 0 aliphatic heterocycles. The van der Waals surface area contributed by atoms with Crippen LogP contribution in [0.3, 0.4) is 0 Å². The number of aromatic nitrogens is 1. The Morgan fingerprint density at radius 2 is 2.10 bits per heavy atom. The zero-order chi connectivity index (χ0) is 14.1. The monoisotopic (exact) mass is 291 g/mol. The predicted molar refractivity (Wildman–Crippen MR) is 81.8 cm³/mol. The molecule has 0 spiro atoms. The molecule has 0 radical (unpaired) electrons. The van der Waals surface area contributed by atoms with Crippen molar-refractivity contribution in [2.75, 3.05) is 0 Å². The first-order valence-electron chi connectivity index (χ1n) is 7.20. The van der Waals surface area contributed by atoms with Gasteiger partial charge in [-0.1, -0.05) is 18.5 Å². The second kappa shape index (κ2) is 5.49. The summed E-state index contributed by atoms with van der Waals surface area (Å²) in [6, 6.07) is 5.49. The van der Waals surface area contributed by atoms with E-state index in [0.717, 1.165) is 29.5 Å². The van der Waals surface area contributed by atoms with Gasteiger partial charge in [0.2, 0.25) is 0 Å². The number of hydrogen-bond donors (Lipinski definition) is 1. The van der Waals surface area contributed by atoms with Crippen molar-refractivity contribution in [1.82, 2.24) is 4.98 Å². The summed E-state index contributed by atoms with van der Waals surface area (Å²) >= 11 is 6.10. The zero-order valence-electron chi connectivity index (χ0n) is 11.5. The molecular formula is C16H18ClNO2. The standard InChI is InChI=1S/C16H18ClNO2/c1-2-12-15(20-11-5-3-4-6-11)13-9-10(17)7-8-14(13)18-16(12)19/h7-9,11H,2-6H2,1H3,(H,18,19). The van der Waals surface area contributed by atoms with E-state index in [-0.39, 0.29) is 11.7 Å². The number of benzene rings is 1. The van der Waals surface area contributed by atoms with Crippen LogP contribution in [0.4, 0.5) is 0 Å². The molecule has 1 fully saturated rings. The second-order valence-electron chi connectivity index (χ2n) is 5.33. The van der Waals surface area contributed by atoms with Crippen molar-refractivity contribution in [2.45, 2.75) is 45.1 Å². The molecule has 1 heterocycles. The van der Waals surface area contributed by atoms with Crippen molar-refractivity contribution >= 4 is 22.5 Å². The van der Waals surface area contributed by atoms with Crippen LogP contribution < -0.4 is 10.3 Å². The maximum atomic E-state index is 12.2. The Balaban J connectivity index is 2.18. The minimum absolute atomic E-state index is 0.0599. The first-order valence-corrected chi connectivity index (χ1v) is 7.58. The third-order valence-corrected chi connectivity index (χ3v) is 4.20. The smallest absolute Gasteiger partial charge is 0.255 e. The fourth-order valence-electron chi connectivity index (χ4n) is 2.91. The van der Waals surface area contributed by atoms with Crippen LogP contribution in [0.25, 0.3) is 10.9 Å². The molecule has 3 rings (SSSR count). The Kier molecular flexibility index (Phi) is 3.70. The summed E-state index contributed by atoms with van der Waals surface area (Å²) in [5.74, 6) is 0.723.